The quantitative estimate of drug-likeness (QED) is 0.103. The highest BCUT2D eigenvalue weighted by Crippen LogP contribution is 2.47. The van der Waals surface area contributed by atoms with E-state index in [9.17, 15) is 14.6 Å². The van der Waals surface area contributed by atoms with Crippen molar-refractivity contribution in [1.82, 2.24) is 0 Å². The van der Waals surface area contributed by atoms with Gasteiger partial charge in [-0.15, -0.1) is 0 Å². The van der Waals surface area contributed by atoms with Gasteiger partial charge in [-0.2, -0.15) is 0 Å². The molecule has 0 aliphatic carbocycles. The monoisotopic (exact) mass is 533 g/mol. The number of piperidine rings is 1. The molecule has 7 nitrogen and oxygen atoms in total. The van der Waals surface area contributed by atoms with Gasteiger partial charge in [-0.05, 0) is 6.42 Å². The Balaban J connectivity index is 1.38. The SMILES string of the molecule is CCCCCCCCCCCCCCCCOCC(O)COP(=O)([O-])OC1CC2CCC(C1)[N+]2(C)C. The van der Waals surface area contributed by atoms with Crippen LogP contribution in [0.15, 0.2) is 0 Å². The second kappa shape index (κ2) is 17.6. The second-order valence-electron chi connectivity index (χ2n) is 11.8. The number of hydrogen-bond acceptors (Lipinski definition) is 6. The van der Waals surface area contributed by atoms with Crippen LogP contribution in [0.4, 0.5) is 0 Å². The number of nitrogens with zero attached hydrogens (tertiary/aromatic N) is 1. The normalized spacial score (nSPS) is 25.6. The van der Waals surface area contributed by atoms with Gasteiger partial charge in [-0.25, -0.2) is 0 Å². The number of unbranched alkanes of at least 4 members (excludes halogenated alkanes) is 13. The molecule has 0 spiro atoms. The predicted molar refractivity (Wildman–Crippen MR) is 144 cm³/mol. The summed E-state index contributed by atoms with van der Waals surface area (Å²) in [6.45, 7) is 2.61. The van der Waals surface area contributed by atoms with Gasteiger partial charge in [0.15, 0.2) is 0 Å². The molecule has 0 saturated carbocycles. The van der Waals surface area contributed by atoms with Crippen LogP contribution >= 0.6 is 7.82 Å². The van der Waals surface area contributed by atoms with Gasteiger partial charge in [-0.3, -0.25) is 4.57 Å². The van der Waals surface area contributed by atoms with Gasteiger partial charge in [0.1, 0.15) is 6.10 Å². The number of hydrogen-bond donors (Lipinski definition) is 1. The van der Waals surface area contributed by atoms with E-state index < -0.39 is 13.9 Å². The molecule has 0 radical (unpaired) electrons. The number of fused-ring (bicyclic) bond motifs is 2. The maximum atomic E-state index is 12.2. The summed E-state index contributed by atoms with van der Waals surface area (Å²) in [6, 6.07) is 0.894. The van der Waals surface area contributed by atoms with E-state index in [1.165, 1.54) is 77.0 Å². The zero-order valence-corrected chi connectivity index (χ0v) is 24.4. The average Bonchev–Trinajstić information content (AvgIpc) is 2.98. The lowest BCUT2D eigenvalue weighted by Crippen LogP contribution is -2.56. The fraction of sp³-hybridized carbons (Fsp3) is 1.00. The molecule has 0 aromatic rings. The molecule has 2 rings (SSSR count). The molecular weight excluding hydrogens is 477 g/mol. The van der Waals surface area contributed by atoms with Crippen molar-refractivity contribution >= 4 is 7.82 Å². The zero-order valence-electron chi connectivity index (χ0n) is 23.5. The Hall–Kier alpha value is -0.0100. The summed E-state index contributed by atoms with van der Waals surface area (Å²) < 4.78 is 29.0. The molecule has 1 N–H and O–H groups in total. The Labute approximate surface area is 221 Å². The first kappa shape index (κ1) is 32.2. The van der Waals surface area contributed by atoms with Crippen molar-refractivity contribution in [3.8, 4) is 0 Å². The van der Waals surface area contributed by atoms with E-state index >= 15 is 0 Å². The predicted octanol–water partition coefficient (Wildman–Crippen LogP) is 6.12. The second-order valence-corrected chi connectivity index (χ2v) is 13.1. The van der Waals surface area contributed by atoms with Crippen LogP contribution in [0.1, 0.15) is 122 Å². The average molecular weight is 534 g/mol. The minimum absolute atomic E-state index is 0.0810. The van der Waals surface area contributed by atoms with Gasteiger partial charge >= 0.3 is 0 Å². The van der Waals surface area contributed by atoms with Gasteiger partial charge in [0, 0.05) is 32.3 Å². The van der Waals surface area contributed by atoms with E-state index in [2.05, 4.69) is 21.0 Å². The van der Waals surface area contributed by atoms with Crippen molar-refractivity contribution in [3.63, 3.8) is 0 Å². The van der Waals surface area contributed by atoms with Gasteiger partial charge in [-0.1, -0.05) is 90.4 Å². The van der Waals surface area contributed by atoms with Crippen LogP contribution < -0.4 is 4.89 Å². The topological polar surface area (TPSA) is 88.0 Å². The summed E-state index contributed by atoms with van der Waals surface area (Å²) in [4.78, 5) is 12.2. The Bertz CT molecular complexity index is 603. The van der Waals surface area contributed by atoms with E-state index in [1.54, 1.807) is 0 Å². The molecule has 8 heteroatoms. The smallest absolute Gasteiger partial charge is 0.268 e. The molecule has 2 fully saturated rings. The van der Waals surface area contributed by atoms with E-state index in [-0.39, 0.29) is 19.3 Å². The van der Waals surface area contributed by atoms with E-state index in [4.69, 9.17) is 13.8 Å². The van der Waals surface area contributed by atoms with Crippen LogP contribution in [0.25, 0.3) is 0 Å². The van der Waals surface area contributed by atoms with Crippen molar-refractivity contribution in [2.24, 2.45) is 0 Å². The lowest BCUT2D eigenvalue weighted by atomic mass is 9.98. The standard InChI is InChI=1S/C28H56NO6P/c1-4-5-6-7-8-9-10-11-12-13-14-15-16-17-20-33-23-27(30)24-34-36(31,32)35-28-21-25-18-19-26(22-28)29(25,2)3/h25-28,30H,4-24H2,1-3H3. The molecule has 0 aromatic carbocycles. The molecule has 4 unspecified atom stereocenters. The zero-order chi connectivity index (χ0) is 26.3. The Morgan fingerprint density at radius 2 is 1.31 bits per heavy atom. The number of quaternary nitrogens is 1. The van der Waals surface area contributed by atoms with Crippen LogP contribution in [-0.2, 0) is 18.3 Å². The molecular formula is C28H56NO6P. The number of ether oxygens (including phenoxy) is 1. The van der Waals surface area contributed by atoms with Crippen LogP contribution in [0.2, 0.25) is 0 Å². The number of rotatable bonds is 22. The number of aliphatic hydroxyl groups excluding tert-OH is 1. The van der Waals surface area contributed by atoms with Crippen LogP contribution in [0, 0.1) is 0 Å². The maximum absolute atomic E-state index is 12.2. The summed E-state index contributed by atoms with van der Waals surface area (Å²) in [7, 11) is 0.0157. The minimum Gasteiger partial charge on any atom is -0.756 e. The maximum Gasteiger partial charge on any atom is 0.268 e. The number of phosphoric ester groups is 1. The van der Waals surface area contributed by atoms with Crippen molar-refractivity contribution in [2.75, 3.05) is 33.9 Å². The minimum atomic E-state index is -4.43. The molecule has 2 aliphatic heterocycles. The van der Waals surface area contributed by atoms with Gasteiger partial charge in [0.2, 0.25) is 0 Å². The lowest BCUT2D eigenvalue weighted by Gasteiger charge is -2.44. The molecule has 0 aromatic heterocycles. The third kappa shape index (κ3) is 12.7. The first-order valence-corrected chi connectivity index (χ1v) is 16.4. The third-order valence-corrected chi connectivity index (χ3v) is 9.46. The van der Waals surface area contributed by atoms with E-state index in [0.717, 1.165) is 43.0 Å². The first-order chi connectivity index (χ1) is 17.2. The summed E-state index contributed by atoms with van der Waals surface area (Å²) in [5.74, 6) is 0. The summed E-state index contributed by atoms with van der Waals surface area (Å²) in [6.07, 6.45) is 20.8. The van der Waals surface area contributed by atoms with E-state index in [0.29, 0.717) is 18.7 Å². The number of aliphatic hydroxyl groups is 1. The molecule has 2 aliphatic rings. The van der Waals surface area contributed by atoms with Gasteiger partial charge in [0.25, 0.3) is 7.82 Å². The molecule has 2 bridgehead atoms. The third-order valence-electron chi connectivity index (χ3n) is 8.44. The van der Waals surface area contributed by atoms with E-state index in [1.807, 2.05) is 0 Å². The highest BCUT2D eigenvalue weighted by Gasteiger charge is 2.49. The fourth-order valence-electron chi connectivity index (χ4n) is 5.97. The molecule has 36 heavy (non-hydrogen) atoms. The lowest BCUT2D eigenvalue weighted by molar-refractivity contribution is -0.931. The van der Waals surface area contributed by atoms with Crippen LogP contribution in [0.3, 0.4) is 0 Å². The molecule has 4 atom stereocenters. The largest absolute Gasteiger partial charge is 0.756 e. The summed E-state index contributed by atoms with van der Waals surface area (Å²) in [5.41, 5.74) is 0. The molecule has 0 amide bonds. The van der Waals surface area contributed by atoms with Gasteiger partial charge in [0.05, 0.1) is 45.5 Å². The van der Waals surface area contributed by atoms with Crippen LogP contribution in [0.5, 0.6) is 0 Å². The van der Waals surface area contributed by atoms with Crippen molar-refractivity contribution in [2.45, 2.75) is 147 Å². The van der Waals surface area contributed by atoms with Gasteiger partial charge < -0.3 is 28.3 Å². The Morgan fingerprint density at radius 1 is 0.833 bits per heavy atom. The highest BCUT2D eigenvalue weighted by atomic mass is 31.2. The first-order valence-electron chi connectivity index (χ1n) is 15.0. The van der Waals surface area contributed by atoms with Crippen molar-refractivity contribution in [1.29, 1.82) is 0 Å². The fourth-order valence-corrected chi connectivity index (χ4v) is 6.93. The Kier molecular flexibility index (Phi) is 15.7. The Morgan fingerprint density at radius 3 is 1.81 bits per heavy atom. The summed E-state index contributed by atoms with van der Waals surface area (Å²) >= 11 is 0. The van der Waals surface area contributed by atoms with Crippen LogP contribution in [-0.4, -0.2) is 67.8 Å². The van der Waals surface area contributed by atoms with Crippen molar-refractivity contribution in [3.05, 3.63) is 0 Å². The molecule has 2 saturated heterocycles. The highest BCUT2D eigenvalue weighted by molar-refractivity contribution is 7.45. The van der Waals surface area contributed by atoms with Crippen molar-refractivity contribution < 1.29 is 32.8 Å². The number of phosphoric acid groups is 1. The summed E-state index contributed by atoms with van der Waals surface area (Å²) in [5, 5.41) is 10.0. The molecule has 2 heterocycles. The molecule has 214 valence electrons.